The van der Waals surface area contributed by atoms with E-state index in [2.05, 4.69) is 31.0 Å². The van der Waals surface area contributed by atoms with E-state index in [4.69, 9.17) is 14.2 Å². The summed E-state index contributed by atoms with van der Waals surface area (Å²) in [5.74, 6) is 0.514. The van der Waals surface area contributed by atoms with Gasteiger partial charge in [0.05, 0.1) is 6.10 Å². The number of carbonyl (C=O) groups excluding carboxylic acids is 2. The smallest absolute Gasteiger partial charge is 0.161 e. The number of carbonyl (C=O) groups is 2. The molecule has 8 heteroatoms. The molecule has 232 valence electrons. The molecule has 1 N–H and O–H groups in total. The van der Waals surface area contributed by atoms with Crippen LogP contribution in [0.3, 0.4) is 0 Å². The molecular formula is C33H53FN2O5. The normalized spacial score (nSPS) is 21.0. The number of aryl methyl sites for hydroxylation is 1. The molecule has 1 aromatic carbocycles. The van der Waals surface area contributed by atoms with Gasteiger partial charge in [-0.25, -0.2) is 4.39 Å². The summed E-state index contributed by atoms with van der Waals surface area (Å²) in [5.41, 5.74) is 0.793. The molecular weight excluding hydrogens is 523 g/mol. The van der Waals surface area contributed by atoms with E-state index in [-0.39, 0.29) is 41.9 Å². The lowest BCUT2D eigenvalue weighted by atomic mass is 9.88. The van der Waals surface area contributed by atoms with Crippen molar-refractivity contribution in [2.24, 2.45) is 11.8 Å². The first-order valence-electron chi connectivity index (χ1n) is 15.7. The van der Waals surface area contributed by atoms with Gasteiger partial charge in [-0.05, 0) is 77.0 Å². The maximum Gasteiger partial charge on any atom is 0.161 e. The van der Waals surface area contributed by atoms with Gasteiger partial charge in [-0.2, -0.15) is 0 Å². The predicted molar refractivity (Wildman–Crippen MR) is 160 cm³/mol. The highest BCUT2D eigenvalue weighted by Gasteiger charge is 2.32. The summed E-state index contributed by atoms with van der Waals surface area (Å²) in [6, 6.07) is 5.99. The zero-order valence-corrected chi connectivity index (χ0v) is 26.1. The Labute approximate surface area is 246 Å². The minimum absolute atomic E-state index is 0.00666. The summed E-state index contributed by atoms with van der Waals surface area (Å²) in [6.45, 7) is 15.7. The van der Waals surface area contributed by atoms with Crippen LogP contribution in [-0.2, 0) is 25.5 Å². The minimum Gasteiger partial charge on any atom is -0.490 e. The van der Waals surface area contributed by atoms with Crippen molar-refractivity contribution >= 4 is 11.6 Å². The zero-order chi connectivity index (χ0) is 29.9. The lowest BCUT2D eigenvalue weighted by Gasteiger charge is -2.41. The third-order valence-corrected chi connectivity index (χ3v) is 8.37. The van der Waals surface area contributed by atoms with E-state index in [1.807, 2.05) is 26.8 Å². The van der Waals surface area contributed by atoms with Gasteiger partial charge >= 0.3 is 0 Å². The molecule has 0 bridgehead atoms. The number of nitrogens with zero attached hydrogens (tertiary/aromatic N) is 1. The molecule has 0 spiro atoms. The van der Waals surface area contributed by atoms with Crippen LogP contribution in [0.1, 0.15) is 85.6 Å². The van der Waals surface area contributed by atoms with Crippen molar-refractivity contribution in [1.29, 1.82) is 0 Å². The van der Waals surface area contributed by atoms with E-state index in [0.29, 0.717) is 56.0 Å². The Morgan fingerprint density at radius 2 is 1.71 bits per heavy atom. The van der Waals surface area contributed by atoms with E-state index in [1.165, 1.54) is 12.1 Å². The second-order valence-corrected chi connectivity index (χ2v) is 12.8. The number of hydrogen-bond acceptors (Lipinski definition) is 7. The summed E-state index contributed by atoms with van der Waals surface area (Å²) in [6.07, 6.45) is 5.62. The molecule has 0 aromatic heterocycles. The second kappa shape index (κ2) is 16.7. The van der Waals surface area contributed by atoms with Crippen LogP contribution in [0.5, 0.6) is 5.75 Å². The van der Waals surface area contributed by atoms with Crippen LogP contribution in [0.2, 0.25) is 0 Å². The standard InChI is InChI=1S/C33H53FN2O5/c1-22(2)32(37)11-10-26-14-27(34)16-29(15-26)41-30-17-28(18-30)35-25(6)9-8-24(5)33(38)21-39-12-7-13-40-31-19-36(20-31)23(3)4/h14-16,22-25,28,30-31,35H,7-13,17-21H2,1-6H3/t24?,25?,28-,30+. The number of likely N-dealkylation sites (tertiary alicyclic amines) is 1. The van der Waals surface area contributed by atoms with E-state index in [1.54, 1.807) is 0 Å². The monoisotopic (exact) mass is 576 g/mol. The van der Waals surface area contributed by atoms with E-state index in [9.17, 15) is 14.0 Å². The number of halogens is 1. The predicted octanol–water partition coefficient (Wildman–Crippen LogP) is 5.37. The number of nitrogens with one attached hydrogen (secondary N) is 1. The Hall–Kier alpha value is -1.87. The van der Waals surface area contributed by atoms with Crippen LogP contribution >= 0.6 is 0 Å². The van der Waals surface area contributed by atoms with Crippen LogP contribution in [0.4, 0.5) is 4.39 Å². The molecule has 2 aliphatic rings. The van der Waals surface area contributed by atoms with E-state index in [0.717, 1.165) is 50.8 Å². The maximum absolute atomic E-state index is 14.1. The summed E-state index contributed by atoms with van der Waals surface area (Å²) < 4.78 is 31.6. The molecule has 1 saturated heterocycles. The molecule has 7 nitrogen and oxygen atoms in total. The zero-order valence-electron chi connectivity index (χ0n) is 26.1. The van der Waals surface area contributed by atoms with Crippen molar-refractivity contribution in [3.63, 3.8) is 0 Å². The highest BCUT2D eigenvalue weighted by Crippen LogP contribution is 2.28. The van der Waals surface area contributed by atoms with Gasteiger partial charge in [-0.3, -0.25) is 14.5 Å². The lowest BCUT2D eigenvalue weighted by molar-refractivity contribution is -0.127. The topological polar surface area (TPSA) is 77.1 Å². The molecule has 1 heterocycles. The molecule has 2 unspecified atom stereocenters. The van der Waals surface area contributed by atoms with Crippen LogP contribution < -0.4 is 10.1 Å². The van der Waals surface area contributed by atoms with Gasteiger partial charge < -0.3 is 19.5 Å². The van der Waals surface area contributed by atoms with Gasteiger partial charge in [0.2, 0.25) is 0 Å². The first kappa shape index (κ1) is 33.6. The quantitative estimate of drug-likeness (QED) is 0.209. The van der Waals surface area contributed by atoms with Crippen molar-refractivity contribution in [2.75, 3.05) is 32.9 Å². The highest BCUT2D eigenvalue weighted by molar-refractivity contribution is 5.81. The van der Waals surface area contributed by atoms with Crippen LogP contribution in [0, 0.1) is 17.7 Å². The lowest BCUT2D eigenvalue weighted by Crippen LogP contribution is -2.55. The van der Waals surface area contributed by atoms with Crippen molar-refractivity contribution in [3.05, 3.63) is 29.6 Å². The largest absolute Gasteiger partial charge is 0.490 e. The second-order valence-electron chi connectivity index (χ2n) is 12.8. The van der Waals surface area contributed by atoms with Crippen LogP contribution in [0.25, 0.3) is 0 Å². The summed E-state index contributed by atoms with van der Waals surface area (Å²) >= 11 is 0. The number of Topliss-reactive ketones (excluding diaryl/α,β-unsaturated/α-hetero) is 2. The van der Waals surface area contributed by atoms with Gasteiger partial charge in [-0.15, -0.1) is 0 Å². The first-order valence-corrected chi connectivity index (χ1v) is 15.7. The van der Waals surface area contributed by atoms with E-state index < -0.39 is 0 Å². The molecule has 0 amide bonds. The number of ketones is 2. The first-order chi connectivity index (χ1) is 19.5. The molecule has 2 fully saturated rings. The van der Waals surface area contributed by atoms with Gasteiger partial charge in [0, 0.05) is 68.8 Å². The van der Waals surface area contributed by atoms with Gasteiger partial charge in [0.1, 0.15) is 30.1 Å². The number of ether oxygens (including phenoxy) is 3. The Bertz CT molecular complexity index is 959. The third kappa shape index (κ3) is 11.7. The van der Waals surface area contributed by atoms with E-state index >= 15 is 0 Å². The molecule has 0 radical (unpaired) electrons. The van der Waals surface area contributed by atoms with Crippen molar-refractivity contribution in [3.8, 4) is 5.75 Å². The number of hydrogen-bond donors (Lipinski definition) is 1. The van der Waals surface area contributed by atoms with Crippen LogP contribution in [0.15, 0.2) is 18.2 Å². The molecule has 1 aromatic rings. The summed E-state index contributed by atoms with van der Waals surface area (Å²) in [4.78, 5) is 26.8. The number of benzene rings is 1. The van der Waals surface area contributed by atoms with Gasteiger partial charge in [0.25, 0.3) is 0 Å². The average Bonchev–Trinajstić information content (AvgIpc) is 2.86. The molecule has 41 heavy (non-hydrogen) atoms. The molecule has 1 aliphatic carbocycles. The molecule has 1 saturated carbocycles. The van der Waals surface area contributed by atoms with Crippen molar-refractivity contribution < 1.29 is 28.2 Å². The highest BCUT2D eigenvalue weighted by atomic mass is 19.1. The fraction of sp³-hybridized carbons (Fsp3) is 0.758. The Morgan fingerprint density at radius 3 is 2.39 bits per heavy atom. The van der Waals surface area contributed by atoms with Crippen LogP contribution in [-0.4, -0.2) is 79.7 Å². The Kier molecular flexibility index (Phi) is 13.7. The fourth-order valence-electron chi connectivity index (χ4n) is 5.25. The average molecular weight is 577 g/mol. The summed E-state index contributed by atoms with van der Waals surface area (Å²) in [7, 11) is 0. The number of rotatable bonds is 20. The SMILES string of the molecule is CC(CCC(C)C(=O)COCCCOC1CN(C(C)C)C1)N[C@H]1C[C@@H](Oc2cc(F)cc(CCC(=O)C(C)C)c2)C1. The van der Waals surface area contributed by atoms with Crippen molar-refractivity contribution in [2.45, 2.75) is 117 Å². The summed E-state index contributed by atoms with van der Waals surface area (Å²) in [5, 5.41) is 3.64. The van der Waals surface area contributed by atoms with Gasteiger partial charge in [-0.1, -0.05) is 20.8 Å². The third-order valence-electron chi connectivity index (χ3n) is 8.37. The maximum atomic E-state index is 14.1. The minimum atomic E-state index is -0.331. The van der Waals surface area contributed by atoms with Gasteiger partial charge in [0.15, 0.2) is 5.78 Å². The Balaban J connectivity index is 1.22. The molecule has 1 aliphatic heterocycles. The molecule has 3 rings (SSSR count). The molecule has 2 atom stereocenters. The fourth-order valence-corrected chi connectivity index (χ4v) is 5.25. The van der Waals surface area contributed by atoms with Crippen molar-refractivity contribution in [1.82, 2.24) is 10.2 Å². The Morgan fingerprint density at radius 1 is 0.976 bits per heavy atom.